The summed E-state index contributed by atoms with van der Waals surface area (Å²) in [6, 6.07) is 22.2. The van der Waals surface area contributed by atoms with Crippen LogP contribution in [0.4, 0.5) is 17.1 Å². The van der Waals surface area contributed by atoms with Crippen molar-refractivity contribution in [2.45, 2.75) is 0 Å². The standard InChI is InChI=1S/C50H33NO/c1-2-12-34(13-3-1)35-24-29-39(30-25-35)51(40-31-26-38(27-32-40)42-20-10-16-36-14-4-6-17-41(36)42)48-23-9-8-19-44(48)45-21-11-22-46-47-33-28-37-15-5-7-18-43(37)49(47)52-50(45)46/h1-33H/i4D,6D,10D,14D,16D,17D,20D,24D,25D,26D,27D,29D,30D,31D,32D. The largest absolute Gasteiger partial charge is 0.455 e. The van der Waals surface area contributed by atoms with Crippen molar-refractivity contribution in [1.82, 2.24) is 0 Å². The van der Waals surface area contributed by atoms with Crippen molar-refractivity contribution in [2.24, 2.45) is 0 Å². The fourth-order valence-corrected chi connectivity index (χ4v) is 6.70. The maximum atomic E-state index is 9.72. The number of hydrogen-bond donors (Lipinski definition) is 0. The minimum Gasteiger partial charge on any atom is -0.455 e. The fraction of sp³-hybridized carbons (Fsp3) is 0. The molecule has 0 fully saturated rings. The number of anilines is 3. The smallest absolute Gasteiger partial charge is 0.143 e. The Morgan fingerprint density at radius 3 is 1.87 bits per heavy atom. The molecule has 10 rings (SSSR count). The second kappa shape index (κ2) is 12.5. The Kier molecular flexibility index (Phi) is 4.40. The van der Waals surface area contributed by atoms with E-state index in [2.05, 4.69) is 0 Å². The zero-order valence-electron chi connectivity index (χ0n) is 42.2. The maximum absolute atomic E-state index is 9.72. The van der Waals surface area contributed by atoms with E-state index in [4.69, 9.17) is 14.0 Å². The fourth-order valence-electron chi connectivity index (χ4n) is 6.70. The monoisotopic (exact) mass is 678 g/mol. The number of furan rings is 1. The molecule has 0 saturated carbocycles. The Labute approximate surface area is 323 Å². The highest BCUT2D eigenvalue weighted by Crippen LogP contribution is 2.45. The molecule has 0 bridgehead atoms. The van der Waals surface area contributed by atoms with Crippen LogP contribution in [0.2, 0.25) is 0 Å². The maximum Gasteiger partial charge on any atom is 0.143 e. The van der Waals surface area contributed by atoms with E-state index in [-0.39, 0.29) is 11.3 Å². The first-order valence-electron chi connectivity index (χ1n) is 24.0. The molecule has 0 aliphatic rings. The Bertz CT molecular complexity index is 3710. The van der Waals surface area contributed by atoms with Gasteiger partial charge in [0.25, 0.3) is 0 Å². The van der Waals surface area contributed by atoms with E-state index in [1.54, 1.807) is 60.7 Å². The highest BCUT2D eigenvalue weighted by Gasteiger charge is 2.21. The molecule has 1 heterocycles. The molecule has 0 atom stereocenters. The summed E-state index contributed by atoms with van der Waals surface area (Å²) in [7, 11) is 0. The van der Waals surface area contributed by atoms with Gasteiger partial charge in [0, 0.05) is 38.7 Å². The summed E-state index contributed by atoms with van der Waals surface area (Å²) in [5.41, 5.74) is 0.480. The van der Waals surface area contributed by atoms with E-state index in [1.165, 1.54) is 4.90 Å². The van der Waals surface area contributed by atoms with Gasteiger partial charge in [0.15, 0.2) is 0 Å². The molecule has 2 heteroatoms. The molecule has 2 nitrogen and oxygen atoms in total. The number of benzene rings is 9. The quantitative estimate of drug-likeness (QED) is 0.174. The van der Waals surface area contributed by atoms with Gasteiger partial charge in [-0.25, -0.2) is 0 Å². The predicted octanol–water partition coefficient (Wildman–Crippen LogP) is 14.4. The molecular weight excluding hydrogens is 631 g/mol. The summed E-state index contributed by atoms with van der Waals surface area (Å²) in [4.78, 5) is 1.17. The van der Waals surface area contributed by atoms with E-state index >= 15 is 0 Å². The van der Waals surface area contributed by atoms with E-state index in [9.17, 15) is 11.0 Å². The van der Waals surface area contributed by atoms with Crippen molar-refractivity contribution < 1.29 is 25.0 Å². The summed E-state index contributed by atoms with van der Waals surface area (Å²) < 4.78 is 143. The summed E-state index contributed by atoms with van der Waals surface area (Å²) in [6.07, 6.45) is 0. The molecule has 10 aromatic rings. The van der Waals surface area contributed by atoms with Gasteiger partial charge in [0.05, 0.1) is 26.2 Å². The first kappa shape index (κ1) is 18.4. The van der Waals surface area contributed by atoms with Crippen LogP contribution in [0.25, 0.3) is 76.9 Å². The highest BCUT2D eigenvalue weighted by atomic mass is 16.3. The molecule has 9 aromatic carbocycles. The van der Waals surface area contributed by atoms with E-state index in [0.29, 0.717) is 27.9 Å². The molecule has 0 saturated heterocycles. The van der Waals surface area contributed by atoms with Gasteiger partial charge in [-0.15, -0.1) is 0 Å². The van der Waals surface area contributed by atoms with Crippen LogP contribution in [0, 0.1) is 0 Å². The average molecular weight is 679 g/mol. The zero-order valence-corrected chi connectivity index (χ0v) is 27.2. The minimum absolute atomic E-state index is 0.00906. The lowest BCUT2D eigenvalue weighted by molar-refractivity contribution is 0.674. The van der Waals surface area contributed by atoms with Crippen LogP contribution < -0.4 is 4.90 Å². The van der Waals surface area contributed by atoms with E-state index in [0.717, 1.165) is 21.5 Å². The van der Waals surface area contributed by atoms with Crippen molar-refractivity contribution in [3.8, 4) is 33.4 Å². The molecule has 1 aromatic heterocycles. The van der Waals surface area contributed by atoms with Crippen molar-refractivity contribution in [3.05, 3.63) is 200 Å². The van der Waals surface area contributed by atoms with Crippen LogP contribution in [-0.4, -0.2) is 0 Å². The van der Waals surface area contributed by atoms with Crippen LogP contribution in [0.15, 0.2) is 204 Å². The van der Waals surface area contributed by atoms with Gasteiger partial charge in [-0.2, -0.15) is 0 Å². The van der Waals surface area contributed by atoms with Crippen molar-refractivity contribution in [1.29, 1.82) is 0 Å². The van der Waals surface area contributed by atoms with Crippen LogP contribution in [0.1, 0.15) is 20.6 Å². The number of hydrogen-bond acceptors (Lipinski definition) is 2. The predicted molar refractivity (Wildman–Crippen MR) is 220 cm³/mol. The normalized spacial score (nSPS) is 15.5. The van der Waals surface area contributed by atoms with Gasteiger partial charge in [0.2, 0.25) is 0 Å². The summed E-state index contributed by atoms with van der Waals surface area (Å²) in [5.74, 6) is 0. The van der Waals surface area contributed by atoms with Crippen molar-refractivity contribution in [2.75, 3.05) is 4.90 Å². The summed E-state index contributed by atoms with van der Waals surface area (Å²) >= 11 is 0. The van der Waals surface area contributed by atoms with Crippen molar-refractivity contribution >= 4 is 60.5 Å². The Morgan fingerprint density at radius 2 is 1.02 bits per heavy atom. The van der Waals surface area contributed by atoms with Crippen LogP contribution >= 0.6 is 0 Å². The molecule has 0 N–H and O–H groups in total. The van der Waals surface area contributed by atoms with Gasteiger partial charge >= 0.3 is 0 Å². The molecule has 0 radical (unpaired) electrons. The van der Waals surface area contributed by atoms with E-state index in [1.807, 2.05) is 48.5 Å². The molecule has 0 amide bonds. The Hall–Kier alpha value is -6.90. The second-order valence-electron chi connectivity index (χ2n) is 12.1. The number of fused-ring (bicyclic) bond motifs is 6. The molecule has 0 aliphatic heterocycles. The third-order valence-electron chi connectivity index (χ3n) is 9.12. The van der Waals surface area contributed by atoms with Gasteiger partial charge in [-0.1, -0.05) is 164 Å². The molecule has 52 heavy (non-hydrogen) atoms. The van der Waals surface area contributed by atoms with Crippen LogP contribution in [0.5, 0.6) is 0 Å². The topological polar surface area (TPSA) is 16.4 Å². The lowest BCUT2D eigenvalue weighted by Crippen LogP contribution is -2.11. The third kappa shape index (κ3) is 5.04. The first-order chi connectivity index (χ1) is 32.1. The minimum atomic E-state index is -0.805. The lowest BCUT2D eigenvalue weighted by atomic mass is 9.97. The van der Waals surface area contributed by atoms with Gasteiger partial charge in [0.1, 0.15) is 11.2 Å². The lowest BCUT2D eigenvalue weighted by Gasteiger charge is -2.28. The molecular formula is C50H33NO. The highest BCUT2D eigenvalue weighted by molar-refractivity contribution is 6.17. The zero-order chi connectivity index (χ0) is 47.5. The molecule has 244 valence electrons. The second-order valence-corrected chi connectivity index (χ2v) is 12.1. The third-order valence-corrected chi connectivity index (χ3v) is 9.12. The summed E-state index contributed by atoms with van der Waals surface area (Å²) in [5, 5.41) is 2.54. The van der Waals surface area contributed by atoms with Gasteiger partial charge < -0.3 is 9.32 Å². The molecule has 0 unspecified atom stereocenters. The SMILES string of the molecule is [2H]c1c([2H])c(N(c2ccccc2-c2cccc3c2oc2c4ccccc4ccc32)c2c([2H])c([2H])c(-c3c([2H])c([2H])c([2H])c4c([2H])c([2H])c([2H])c([2H])c34)c([2H])c2[2H])c([2H])c([2H])c1-c1ccccc1. The van der Waals surface area contributed by atoms with Gasteiger partial charge in [-0.3, -0.25) is 0 Å². The number of nitrogens with zero attached hydrogens (tertiary/aromatic N) is 1. The Morgan fingerprint density at radius 1 is 0.365 bits per heavy atom. The molecule has 0 aliphatic carbocycles. The van der Waals surface area contributed by atoms with Crippen molar-refractivity contribution in [3.63, 3.8) is 0 Å². The average Bonchev–Trinajstić information content (AvgIpc) is 3.73. The van der Waals surface area contributed by atoms with Crippen LogP contribution in [-0.2, 0) is 0 Å². The first-order valence-corrected chi connectivity index (χ1v) is 16.5. The molecule has 0 spiro atoms. The number of para-hydroxylation sites is 2. The number of rotatable bonds is 6. The summed E-state index contributed by atoms with van der Waals surface area (Å²) in [6.45, 7) is 0. The van der Waals surface area contributed by atoms with Gasteiger partial charge in [-0.05, 0) is 74.7 Å². The Balaban J connectivity index is 1.32. The van der Waals surface area contributed by atoms with Crippen LogP contribution in [0.3, 0.4) is 0 Å². The van der Waals surface area contributed by atoms with E-state index < -0.39 is 124 Å².